The van der Waals surface area contributed by atoms with E-state index in [4.69, 9.17) is 10.2 Å². The monoisotopic (exact) mass is 424 g/mol. The first kappa shape index (κ1) is 28.0. The van der Waals surface area contributed by atoms with Crippen molar-refractivity contribution >= 4 is 44.5 Å². The minimum Gasteiger partial charge on any atom is -0.790 e. The Kier molecular flexibility index (Phi) is 14.8. The summed E-state index contributed by atoms with van der Waals surface area (Å²) in [5.74, 6) is -1.48. The fourth-order valence-electron chi connectivity index (χ4n) is 0.895. The molecule has 0 heterocycles. The molecule has 0 aromatic carbocycles. The van der Waals surface area contributed by atoms with Gasteiger partial charge in [-0.15, -0.1) is 0 Å². The van der Waals surface area contributed by atoms with E-state index in [1.165, 1.54) is 0 Å². The molecule has 0 aliphatic rings. The third-order valence-electron chi connectivity index (χ3n) is 1.82. The van der Waals surface area contributed by atoms with Crippen LogP contribution in [0, 0.1) is 0 Å². The van der Waals surface area contributed by atoms with Gasteiger partial charge in [-0.3, -0.25) is 4.79 Å². The molecule has 0 fully saturated rings. The number of Topliss-reactive ketones (excluding diaryl/α,β-unsaturated/α-hetero) is 1. The van der Waals surface area contributed by atoms with E-state index >= 15 is 0 Å². The van der Waals surface area contributed by atoms with Crippen molar-refractivity contribution in [2.45, 2.75) is 18.3 Å². The van der Waals surface area contributed by atoms with Gasteiger partial charge in [0.2, 0.25) is 0 Å². The SMILES string of the molecule is O=C(COP(=O)([O-])[O-])[C@@H](O)[C@H](O)[C@H](O)COP(=O)([O-])[O-].[Mg+2].[Zn+2]. The summed E-state index contributed by atoms with van der Waals surface area (Å²) in [4.78, 5) is 51.4. The second-order valence-electron chi connectivity index (χ2n) is 3.43. The molecule has 0 unspecified atom stereocenters. The van der Waals surface area contributed by atoms with Crippen molar-refractivity contribution in [1.29, 1.82) is 0 Å². The fraction of sp³-hybridized carbons (Fsp3) is 0.833. The number of hydrogen-bond acceptors (Lipinski definition) is 12. The van der Waals surface area contributed by atoms with Crippen molar-refractivity contribution in [3.05, 3.63) is 0 Å². The zero-order chi connectivity index (χ0) is 16.1. The van der Waals surface area contributed by atoms with Crippen molar-refractivity contribution in [3.8, 4) is 0 Å². The molecule has 12 nitrogen and oxygen atoms in total. The number of phosphoric acid groups is 2. The van der Waals surface area contributed by atoms with Gasteiger partial charge in [0.05, 0.1) is 22.3 Å². The Balaban J connectivity index is -0.00000180. The van der Waals surface area contributed by atoms with E-state index in [0.29, 0.717) is 0 Å². The maximum Gasteiger partial charge on any atom is 2.00 e. The minimum atomic E-state index is -5.47. The topological polar surface area (TPSA) is 223 Å². The van der Waals surface area contributed by atoms with E-state index in [1.807, 2.05) is 0 Å². The van der Waals surface area contributed by atoms with Crippen molar-refractivity contribution in [1.82, 2.24) is 0 Å². The molecule has 22 heavy (non-hydrogen) atoms. The normalized spacial score (nSPS) is 16.0. The molecule has 0 aromatic rings. The minimum absolute atomic E-state index is 0. The number of rotatable bonds is 9. The quantitative estimate of drug-likeness (QED) is 0.232. The first-order chi connectivity index (χ1) is 8.83. The van der Waals surface area contributed by atoms with Gasteiger partial charge in [-0.25, -0.2) is 0 Å². The zero-order valence-corrected chi connectivity index (χ0v) is 17.1. The molecule has 0 spiro atoms. The maximum atomic E-state index is 11.1. The molecule has 0 aromatic heterocycles. The molecule has 0 rings (SSSR count). The van der Waals surface area contributed by atoms with E-state index in [2.05, 4.69) is 9.05 Å². The molecule has 0 saturated carbocycles. The average Bonchev–Trinajstić information content (AvgIpc) is 2.29. The maximum absolute atomic E-state index is 11.1. The molecule has 0 aliphatic heterocycles. The zero-order valence-electron chi connectivity index (χ0n) is 11.0. The number of aliphatic hydroxyl groups is 3. The summed E-state index contributed by atoms with van der Waals surface area (Å²) in [6, 6.07) is 0. The predicted octanol–water partition coefficient (Wildman–Crippen LogP) is -6.05. The smallest absolute Gasteiger partial charge is 0.790 e. The summed E-state index contributed by atoms with van der Waals surface area (Å²) >= 11 is 0. The number of carbonyl (C=O) groups excluding carboxylic acids is 1. The standard InChI is InChI=1S/C6H14O12P2.Mg.Zn/c7-3(1-17-19(11,12)13)5(9)6(10)4(8)2-18-20(14,15)16;;/h3,5-7,9-10H,1-2H2,(H2,11,12,13)(H2,14,15,16);;/q;2*+2/p-4/t3-,5-,6-;;/m1../s1. The molecular formula is C6H10MgO12P2Zn. The summed E-state index contributed by atoms with van der Waals surface area (Å²) in [5.41, 5.74) is 0. The van der Waals surface area contributed by atoms with Gasteiger partial charge in [0, 0.05) is 0 Å². The molecule has 16 heteroatoms. The van der Waals surface area contributed by atoms with Gasteiger partial charge in [0.1, 0.15) is 24.9 Å². The van der Waals surface area contributed by atoms with Crippen LogP contribution >= 0.6 is 15.6 Å². The largest absolute Gasteiger partial charge is 2.00 e. The Morgan fingerprint density at radius 1 is 1.00 bits per heavy atom. The second kappa shape index (κ2) is 11.7. The van der Waals surface area contributed by atoms with Crippen LogP contribution in [0.15, 0.2) is 0 Å². The summed E-state index contributed by atoms with van der Waals surface area (Å²) in [7, 11) is -10.9. The average molecular weight is 426 g/mol. The first-order valence-corrected chi connectivity index (χ1v) is 7.65. The Bertz CT molecular complexity index is 422. The van der Waals surface area contributed by atoms with Crippen LogP contribution in [0.5, 0.6) is 0 Å². The van der Waals surface area contributed by atoms with Crippen LogP contribution < -0.4 is 19.6 Å². The molecule has 3 N–H and O–H groups in total. The van der Waals surface area contributed by atoms with E-state index in [1.54, 1.807) is 0 Å². The molecule has 0 bridgehead atoms. The van der Waals surface area contributed by atoms with Gasteiger partial charge in [0.25, 0.3) is 0 Å². The van der Waals surface area contributed by atoms with Crippen molar-refractivity contribution in [2.24, 2.45) is 0 Å². The van der Waals surface area contributed by atoms with Crippen LogP contribution in [0.4, 0.5) is 0 Å². The van der Waals surface area contributed by atoms with E-state index in [-0.39, 0.29) is 42.5 Å². The van der Waals surface area contributed by atoms with Crippen LogP contribution in [0.3, 0.4) is 0 Å². The number of aliphatic hydroxyl groups excluding tert-OH is 3. The molecule has 120 valence electrons. The van der Waals surface area contributed by atoms with Crippen LogP contribution in [-0.2, 0) is 42.5 Å². The van der Waals surface area contributed by atoms with Crippen LogP contribution in [0.25, 0.3) is 0 Å². The summed E-state index contributed by atoms with van der Waals surface area (Å²) < 4.78 is 27.3. The summed E-state index contributed by atoms with van der Waals surface area (Å²) in [6.45, 7) is -2.63. The van der Waals surface area contributed by atoms with Crippen LogP contribution in [0.2, 0.25) is 0 Å². The first-order valence-electron chi connectivity index (χ1n) is 4.73. The molecule has 0 amide bonds. The fourth-order valence-corrected chi connectivity index (χ4v) is 1.52. The number of carbonyl (C=O) groups is 1. The Morgan fingerprint density at radius 3 is 1.77 bits per heavy atom. The van der Waals surface area contributed by atoms with Crippen molar-refractivity contribution in [3.63, 3.8) is 0 Å². The molecule has 0 aliphatic carbocycles. The Labute approximate surface area is 153 Å². The second-order valence-corrected chi connectivity index (χ2v) is 5.74. The Morgan fingerprint density at radius 2 is 1.41 bits per heavy atom. The van der Waals surface area contributed by atoms with Gasteiger partial charge in [-0.1, -0.05) is 0 Å². The summed E-state index contributed by atoms with van der Waals surface area (Å²) in [5, 5.41) is 27.5. The summed E-state index contributed by atoms with van der Waals surface area (Å²) in [6.07, 6.45) is -6.83. The van der Waals surface area contributed by atoms with Gasteiger partial charge >= 0.3 is 42.5 Å². The number of ketones is 1. The predicted molar refractivity (Wildman–Crippen MR) is 55.9 cm³/mol. The third kappa shape index (κ3) is 13.6. The number of hydrogen-bond donors (Lipinski definition) is 3. The van der Waals surface area contributed by atoms with Gasteiger partial charge in [-0.2, -0.15) is 0 Å². The van der Waals surface area contributed by atoms with E-state index in [0.717, 1.165) is 0 Å². The van der Waals surface area contributed by atoms with Gasteiger partial charge < -0.3 is 53.1 Å². The Hall–Kier alpha value is 1.16. The van der Waals surface area contributed by atoms with E-state index in [9.17, 15) is 38.6 Å². The van der Waals surface area contributed by atoms with Crippen molar-refractivity contribution in [2.75, 3.05) is 13.2 Å². The third-order valence-corrected chi connectivity index (χ3v) is 2.73. The van der Waals surface area contributed by atoms with Crippen molar-refractivity contribution < 1.29 is 77.3 Å². The van der Waals surface area contributed by atoms with Gasteiger partial charge in [0.15, 0.2) is 5.78 Å². The molecule has 0 saturated heterocycles. The molecule has 3 atom stereocenters. The van der Waals surface area contributed by atoms with Crippen LogP contribution in [0.1, 0.15) is 0 Å². The number of phosphoric ester groups is 2. The van der Waals surface area contributed by atoms with E-state index < -0.39 is 53.0 Å². The molecule has 0 radical (unpaired) electrons. The molecular weight excluding hydrogens is 416 g/mol. The van der Waals surface area contributed by atoms with Crippen LogP contribution in [-0.4, -0.2) is 75.7 Å². The van der Waals surface area contributed by atoms with Gasteiger partial charge in [-0.05, 0) is 0 Å².